The summed E-state index contributed by atoms with van der Waals surface area (Å²) in [6.07, 6.45) is 2.96. The molecule has 0 unspecified atom stereocenters. The third-order valence-corrected chi connectivity index (χ3v) is 7.55. The number of ether oxygens (including phenoxy) is 2. The number of hydrogen-bond donors (Lipinski definition) is 1. The summed E-state index contributed by atoms with van der Waals surface area (Å²) in [6, 6.07) is 26.4. The summed E-state index contributed by atoms with van der Waals surface area (Å²) in [6.45, 7) is 7.97. The molecule has 8 nitrogen and oxygen atoms in total. The highest BCUT2D eigenvalue weighted by Crippen LogP contribution is 2.32. The van der Waals surface area contributed by atoms with Gasteiger partial charge in [-0.25, -0.2) is 0 Å². The summed E-state index contributed by atoms with van der Waals surface area (Å²) in [7, 11) is 2.05. The normalized spacial score (nSPS) is 16.7. The molecular formula is C35H38N4O4. The summed E-state index contributed by atoms with van der Waals surface area (Å²) in [4.78, 5) is 35.2. The molecule has 1 aromatic heterocycles. The highest BCUT2D eigenvalue weighted by Gasteiger charge is 2.34. The van der Waals surface area contributed by atoms with Crippen LogP contribution in [0.15, 0.2) is 97.3 Å². The number of para-hydroxylation sites is 2. The van der Waals surface area contributed by atoms with Gasteiger partial charge < -0.3 is 19.7 Å². The number of rotatable bonds is 9. The number of benzene rings is 3. The Kier molecular flexibility index (Phi) is 9.37. The van der Waals surface area contributed by atoms with Crippen molar-refractivity contribution < 1.29 is 19.1 Å². The van der Waals surface area contributed by atoms with Crippen LogP contribution in [0.2, 0.25) is 0 Å². The molecule has 3 aromatic carbocycles. The van der Waals surface area contributed by atoms with Crippen molar-refractivity contribution in [2.45, 2.75) is 39.5 Å². The van der Waals surface area contributed by atoms with Crippen molar-refractivity contribution in [3.05, 3.63) is 114 Å². The SMILES string of the molecule is CC(C)N1C[C@@H](C)[C@H](CN(C)Cc2ccc(Oc3ccccc3)cc2)Oc2c(C(=O)Nc3ccncc3)cccc2C1=O. The molecule has 0 saturated carbocycles. The van der Waals surface area contributed by atoms with E-state index in [1.807, 2.05) is 61.2 Å². The van der Waals surface area contributed by atoms with Crippen molar-refractivity contribution in [1.29, 1.82) is 0 Å². The lowest BCUT2D eigenvalue weighted by atomic mass is 9.98. The maximum Gasteiger partial charge on any atom is 0.259 e. The Balaban J connectivity index is 1.36. The Morgan fingerprint density at radius 3 is 2.40 bits per heavy atom. The standard InChI is InChI=1S/C35H38N4O4/c1-24(2)39-21-25(3)32(23-38(4)22-26-13-15-29(16-14-26)42-28-9-6-5-7-10-28)43-33-30(11-8-12-31(33)35(39)41)34(40)37-27-17-19-36-20-18-27/h5-20,24-25,32H,21-23H2,1-4H3,(H,36,37,40)/t25-,32+/m1/s1. The van der Waals surface area contributed by atoms with Gasteiger partial charge in [0.15, 0.2) is 0 Å². The van der Waals surface area contributed by atoms with E-state index in [1.165, 1.54) is 0 Å². The molecule has 0 aliphatic carbocycles. The predicted molar refractivity (Wildman–Crippen MR) is 168 cm³/mol. The Morgan fingerprint density at radius 2 is 1.70 bits per heavy atom. The van der Waals surface area contributed by atoms with Gasteiger partial charge in [-0.1, -0.05) is 43.3 Å². The van der Waals surface area contributed by atoms with Crippen LogP contribution in [0.1, 0.15) is 47.1 Å². The van der Waals surface area contributed by atoms with Crippen LogP contribution in [0.25, 0.3) is 0 Å². The predicted octanol–water partition coefficient (Wildman–Crippen LogP) is 6.51. The van der Waals surface area contributed by atoms with Gasteiger partial charge in [-0.3, -0.25) is 19.5 Å². The van der Waals surface area contributed by atoms with Gasteiger partial charge in [0.1, 0.15) is 23.4 Å². The molecule has 4 aromatic rings. The second-order valence-corrected chi connectivity index (χ2v) is 11.3. The van der Waals surface area contributed by atoms with Gasteiger partial charge in [0.25, 0.3) is 11.8 Å². The van der Waals surface area contributed by atoms with Crippen molar-refractivity contribution in [2.24, 2.45) is 5.92 Å². The lowest BCUT2D eigenvalue weighted by Crippen LogP contribution is -2.48. The first kappa shape index (κ1) is 29.8. The van der Waals surface area contributed by atoms with Crippen LogP contribution >= 0.6 is 0 Å². The smallest absolute Gasteiger partial charge is 0.259 e. The number of aromatic nitrogens is 1. The highest BCUT2D eigenvalue weighted by molar-refractivity contribution is 6.09. The number of carbonyl (C=O) groups is 2. The van der Waals surface area contributed by atoms with E-state index in [2.05, 4.69) is 41.3 Å². The maximum absolute atomic E-state index is 13.7. The lowest BCUT2D eigenvalue weighted by molar-refractivity contribution is 0.0427. The molecule has 222 valence electrons. The number of amides is 2. The van der Waals surface area contributed by atoms with Crippen molar-refractivity contribution >= 4 is 17.5 Å². The van der Waals surface area contributed by atoms with Gasteiger partial charge in [0.05, 0.1) is 11.1 Å². The van der Waals surface area contributed by atoms with Crippen LogP contribution in [-0.4, -0.2) is 58.9 Å². The molecule has 2 heterocycles. The molecule has 0 saturated heterocycles. The first-order valence-electron chi connectivity index (χ1n) is 14.6. The minimum Gasteiger partial charge on any atom is -0.487 e. The van der Waals surface area contributed by atoms with E-state index in [0.29, 0.717) is 42.2 Å². The number of nitrogens with one attached hydrogen (secondary N) is 1. The van der Waals surface area contributed by atoms with Gasteiger partial charge in [-0.05, 0) is 75.0 Å². The molecule has 2 amide bonds. The molecule has 0 fully saturated rings. The molecule has 0 radical (unpaired) electrons. The molecular weight excluding hydrogens is 540 g/mol. The van der Waals surface area contributed by atoms with E-state index < -0.39 is 0 Å². The highest BCUT2D eigenvalue weighted by atomic mass is 16.5. The van der Waals surface area contributed by atoms with Gasteiger partial charge in [0.2, 0.25) is 0 Å². The number of likely N-dealkylation sites (N-methyl/N-ethyl adjacent to an activating group) is 1. The Hall–Kier alpha value is -4.69. The Bertz CT molecular complexity index is 1530. The summed E-state index contributed by atoms with van der Waals surface area (Å²) in [5.41, 5.74) is 2.47. The third kappa shape index (κ3) is 7.40. The fourth-order valence-electron chi connectivity index (χ4n) is 5.21. The molecule has 1 aliphatic rings. The summed E-state index contributed by atoms with van der Waals surface area (Å²) < 4.78 is 12.6. The van der Waals surface area contributed by atoms with E-state index >= 15 is 0 Å². The second-order valence-electron chi connectivity index (χ2n) is 11.3. The molecule has 5 rings (SSSR count). The third-order valence-electron chi connectivity index (χ3n) is 7.55. The van der Waals surface area contributed by atoms with Crippen molar-refractivity contribution in [1.82, 2.24) is 14.8 Å². The maximum atomic E-state index is 13.7. The van der Waals surface area contributed by atoms with Crippen LogP contribution < -0.4 is 14.8 Å². The number of nitrogens with zero attached hydrogens (tertiary/aromatic N) is 3. The van der Waals surface area contributed by atoms with Gasteiger partial charge in [0, 0.05) is 49.7 Å². The molecule has 1 aliphatic heterocycles. The van der Waals surface area contributed by atoms with Crippen LogP contribution in [0, 0.1) is 5.92 Å². The molecule has 2 atom stereocenters. The monoisotopic (exact) mass is 578 g/mol. The number of fused-ring (bicyclic) bond motifs is 1. The van der Waals surface area contributed by atoms with Crippen LogP contribution in [0.4, 0.5) is 5.69 Å². The zero-order valence-electron chi connectivity index (χ0n) is 25.1. The topological polar surface area (TPSA) is 84.0 Å². The Morgan fingerprint density at radius 1 is 1.00 bits per heavy atom. The minimum atomic E-state index is -0.343. The minimum absolute atomic E-state index is 0.00907. The first-order chi connectivity index (χ1) is 20.8. The lowest BCUT2D eigenvalue weighted by Gasteiger charge is -2.38. The van der Waals surface area contributed by atoms with Gasteiger partial charge in [-0.2, -0.15) is 0 Å². The van der Waals surface area contributed by atoms with E-state index in [0.717, 1.165) is 17.1 Å². The van der Waals surface area contributed by atoms with E-state index in [9.17, 15) is 9.59 Å². The number of anilines is 1. The van der Waals surface area contributed by atoms with E-state index in [-0.39, 0.29) is 29.9 Å². The van der Waals surface area contributed by atoms with Gasteiger partial charge >= 0.3 is 0 Å². The number of carbonyl (C=O) groups excluding carboxylic acids is 2. The first-order valence-corrected chi connectivity index (χ1v) is 14.6. The average Bonchev–Trinajstić information content (AvgIpc) is 3.00. The van der Waals surface area contributed by atoms with Crippen molar-refractivity contribution in [2.75, 3.05) is 25.5 Å². The molecule has 1 N–H and O–H groups in total. The van der Waals surface area contributed by atoms with Crippen molar-refractivity contribution in [3.8, 4) is 17.2 Å². The number of pyridine rings is 1. The van der Waals surface area contributed by atoms with Gasteiger partial charge in [-0.15, -0.1) is 0 Å². The molecule has 0 bridgehead atoms. The molecule has 8 heteroatoms. The fraction of sp³-hybridized carbons (Fsp3) is 0.286. The zero-order valence-corrected chi connectivity index (χ0v) is 25.1. The molecule has 43 heavy (non-hydrogen) atoms. The quantitative estimate of drug-likeness (QED) is 0.244. The van der Waals surface area contributed by atoms with E-state index in [1.54, 1.807) is 42.7 Å². The average molecular weight is 579 g/mol. The fourth-order valence-corrected chi connectivity index (χ4v) is 5.21. The number of hydrogen-bond acceptors (Lipinski definition) is 6. The van der Waals surface area contributed by atoms with Crippen LogP contribution in [-0.2, 0) is 6.54 Å². The second kappa shape index (κ2) is 13.5. The van der Waals surface area contributed by atoms with Crippen LogP contribution in [0.3, 0.4) is 0 Å². The Labute approximate surface area is 253 Å². The largest absolute Gasteiger partial charge is 0.487 e. The summed E-state index contributed by atoms with van der Waals surface area (Å²) in [5.74, 6) is 1.43. The molecule has 0 spiro atoms. The zero-order chi connectivity index (χ0) is 30.3. The van der Waals surface area contributed by atoms with Crippen molar-refractivity contribution in [3.63, 3.8) is 0 Å². The summed E-state index contributed by atoms with van der Waals surface area (Å²) in [5, 5.41) is 2.91. The van der Waals surface area contributed by atoms with Crippen LogP contribution in [0.5, 0.6) is 17.2 Å². The van der Waals surface area contributed by atoms with E-state index in [4.69, 9.17) is 9.47 Å². The summed E-state index contributed by atoms with van der Waals surface area (Å²) >= 11 is 0.